The summed E-state index contributed by atoms with van der Waals surface area (Å²) in [5.41, 5.74) is 0.241. The van der Waals surface area contributed by atoms with E-state index in [2.05, 4.69) is 15.6 Å². The van der Waals surface area contributed by atoms with E-state index in [1.54, 1.807) is 0 Å². The topological polar surface area (TPSA) is 76.9 Å². The Morgan fingerprint density at radius 1 is 1.67 bits per heavy atom. The van der Waals surface area contributed by atoms with Crippen molar-refractivity contribution in [3.8, 4) is 0 Å². The molecule has 80 valence electrons. The van der Waals surface area contributed by atoms with E-state index in [-0.39, 0.29) is 18.1 Å². The molecule has 1 aromatic heterocycles. The quantitative estimate of drug-likeness (QED) is 0.669. The fourth-order valence-corrected chi connectivity index (χ4v) is 1.23. The molecule has 1 aliphatic carbocycles. The first kappa shape index (κ1) is 9.82. The molecular weight excluding hydrogens is 196 g/mol. The summed E-state index contributed by atoms with van der Waals surface area (Å²) in [7, 11) is 0. The van der Waals surface area contributed by atoms with E-state index in [4.69, 9.17) is 0 Å². The van der Waals surface area contributed by atoms with Gasteiger partial charge in [0, 0.05) is 6.54 Å². The van der Waals surface area contributed by atoms with Gasteiger partial charge in [-0.3, -0.25) is 9.59 Å². The van der Waals surface area contributed by atoms with Crippen LogP contribution in [0.15, 0.2) is 6.20 Å². The molecule has 6 heteroatoms. The Hall–Kier alpha value is -1.72. The minimum absolute atomic E-state index is 0.0933. The third-order valence-corrected chi connectivity index (χ3v) is 2.27. The lowest BCUT2D eigenvalue weighted by molar-refractivity contribution is -0.121. The van der Waals surface area contributed by atoms with Crippen LogP contribution in [0.3, 0.4) is 0 Å². The highest BCUT2D eigenvalue weighted by Gasteiger charge is 2.21. The number of hydrogen-bond donors (Lipinski definition) is 1. The van der Waals surface area contributed by atoms with E-state index in [0.29, 0.717) is 12.2 Å². The van der Waals surface area contributed by atoms with Crippen LogP contribution in [0.2, 0.25) is 0 Å². The van der Waals surface area contributed by atoms with Gasteiger partial charge in [-0.1, -0.05) is 5.21 Å². The summed E-state index contributed by atoms with van der Waals surface area (Å²) in [4.78, 5) is 21.7. The van der Waals surface area contributed by atoms with Gasteiger partial charge in [-0.2, -0.15) is 0 Å². The molecule has 15 heavy (non-hydrogen) atoms. The third kappa shape index (κ3) is 2.87. The highest BCUT2D eigenvalue weighted by molar-refractivity contribution is 5.76. The number of carbonyl (C=O) groups is 2. The van der Waals surface area contributed by atoms with Gasteiger partial charge in [0.2, 0.25) is 5.91 Å². The second-order valence-corrected chi connectivity index (χ2v) is 3.71. The van der Waals surface area contributed by atoms with Gasteiger partial charge in [-0.05, 0) is 18.8 Å². The van der Waals surface area contributed by atoms with Crippen LogP contribution in [-0.2, 0) is 11.3 Å². The van der Waals surface area contributed by atoms with Crippen molar-refractivity contribution in [2.45, 2.75) is 19.4 Å². The molecule has 0 radical (unpaired) electrons. The van der Waals surface area contributed by atoms with Gasteiger partial charge in [-0.25, -0.2) is 4.68 Å². The highest BCUT2D eigenvalue weighted by Crippen LogP contribution is 2.27. The lowest BCUT2D eigenvalue weighted by Gasteiger charge is -2.02. The van der Waals surface area contributed by atoms with E-state index >= 15 is 0 Å². The van der Waals surface area contributed by atoms with Crippen molar-refractivity contribution in [3.63, 3.8) is 0 Å². The summed E-state index contributed by atoms with van der Waals surface area (Å²) in [6, 6.07) is 0. The maximum atomic E-state index is 11.4. The lowest BCUT2D eigenvalue weighted by Crippen LogP contribution is -2.29. The fraction of sp³-hybridized carbons (Fsp3) is 0.556. The molecule has 1 heterocycles. The summed E-state index contributed by atoms with van der Waals surface area (Å²) in [6.07, 6.45) is 4.47. The molecule has 0 spiro atoms. The Morgan fingerprint density at radius 2 is 2.47 bits per heavy atom. The molecule has 1 amide bonds. The molecule has 1 saturated carbocycles. The molecule has 1 fully saturated rings. The second-order valence-electron chi connectivity index (χ2n) is 3.71. The van der Waals surface area contributed by atoms with Crippen molar-refractivity contribution < 1.29 is 9.59 Å². The number of carbonyl (C=O) groups excluding carboxylic acids is 2. The fourth-order valence-electron chi connectivity index (χ4n) is 1.23. The molecule has 0 atom stereocenters. The second kappa shape index (κ2) is 4.20. The first-order chi connectivity index (χ1) is 7.28. The van der Waals surface area contributed by atoms with Crippen molar-refractivity contribution >= 4 is 12.2 Å². The van der Waals surface area contributed by atoms with E-state index < -0.39 is 0 Å². The van der Waals surface area contributed by atoms with Gasteiger partial charge in [0.05, 0.1) is 6.20 Å². The number of amides is 1. The summed E-state index contributed by atoms with van der Waals surface area (Å²) in [5.74, 6) is 0.569. The Balaban J connectivity index is 1.78. The standard InChI is InChI=1S/C9H12N4O2/c14-6-8-4-13(12-11-8)5-9(15)10-3-7-1-2-7/h4,6-7H,1-3,5H2,(H,10,15). The first-order valence-corrected chi connectivity index (χ1v) is 4.90. The smallest absolute Gasteiger partial charge is 0.241 e. The monoisotopic (exact) mass is 208 g/mol. The molecule has 2 rings (SSSR count). The van der Waals surface area contributed by atoms with Crippen molar-refractivity contribution in [2.75, 3.05) is 6.54 Å². The summed E-state index contributed by atoms with van der Waals surface area (Å²) < 4.78 is 1.35. The highest BCUT2D eigenvalue weighted by atomic mass is 16.2. The Labute approximate surface area is 86.6 Å². The zero-order valence-corrected chi connectivity index (χ0v) is 8.22. The van der Waals surface area contributed by atoms with Crippen LogP contribution >= 0.6 is 0 Å². The van der Waals surface area contributed by atoms with Gasteiger partial charge in [-0.15, -0.1) is 5.10 Å². The lowest BCUT2D eigenvalue weighted by atomic mass is 10.4. The molecule has 1 N–H and O–H groups in total. The van der Waals surface area contributed by atoms with Crippen molar-refractivity contribution in [1.82, 2.24) is 20.3 Å². The van der Waals surface area contributed by atoms with E-state index in [1.807, 2.05) is 0 Å². The third-order valence-electron chi connectivity index (χ3n) is 2.27. The number of aromatic nitrogens is 3. The number of nitrogens with one attached hydrogen (secondary N) is 1. The SMILES string of the molecule is O=Cc1cn(CC(=O)NCC2CC2)nn1. The van der Waals surface area contributed by atoms with E-state index in [0.717, 1.165) is 6.54 Å². The summed E-state index contributed by atoms with van der Waals surface area (Å²) >= 11 is 0. The molecule has 0 unspecified atom stereocenters. The Kier molecular flexibility index (Phi) is 2.75. The molecule has 0 bridgehead atoms. The Morgan fingerprint density at radius 3 is 3.07 bits per heavy atom. The normalized spacial score (nSPS) is 14.9. The molecule has 6 nitrogen and oxygen atoms in total. The zero-order chi connectivity index (χ0) is 10.7. The first-order valence-electron chi connectivity index (χ1n) is 4.90. The van der Waals surface area contributed by atoms with Crippen LogP contribution in [0, 0.1) is 5.92 Å². The average molecular weight is 208 g/mol. The van der Waals surface area contributed by atoms with E-state index in [9.17, 15) is 9.59 Å². The maximum absolute atomic E-state index is 11.4. The van der Waals surface area contributed by atoms with Crippen molar-refractivity contribution in [2.24, 2.45) is 5.92 Å². The predicted molar refractivity (Wildman–Crippen MR) is 51.1 cm³/mol. The van der Waals surface area contributed by atoms with Crippen LogP contribution in [-0.4, -0.2) is 33.7 Å². The van der Waals surface area contributed by atoms with Gasteiger partial charge < -0.3 is 5.32 Å². The average Bonchev–Trinajstić information content (AvgIpc) is 2.96. The number of rotatable bonds is 5. The number of hydrogen-bond acceptors (Lipinski definition) is 4. The number of aldehydes is 1. The van der Waals surface area contributed by atoms with Crippen LogP contribution in [0.25, 0.3) is 0 Å². The van der Waals surface area contributed by atoms with Gasteiger partial charge in [0.15, 0.2) is 6.29 Å². The molecule has 0 aromatic carbocycles. The van der Waals surface area contributed by atoms with Crippen LogP contribution in [0.1, 0.15) is 23.3 Å². The minimum Gasteiger partial charge on any atom is -0.354 e. The van der Waals surface area contributed by atoms with Gasteiger partial charge in [0.1, 0.15) is 12.2 Å². The molecule has 1 aliphatic rings. The Bertz CT molecular complexity index is 370. The maximum Gasteiger partial charge on any atom is 0.241 e. The van der Waals surface area contributed by atoms with E-state index in [1.165, 1.54) is 23.7 Å². The molecule has 0 aliphatic heterocycles. The van der Waals surface area contributed by atoms with Crippen LogP contribution in [0.5, 0.6) is 0 Å². The predicted octanol–water partition coefficient (Wildman–Crippen LogP) is -0.383. The summed E-state index contributed by atoms with van der Waals surface area (Å²) in [6.45, 7) is 0.863. The van der Waals surface area contributed by atoms with Crippen LogP contribution in [0.4, 0.5) is 0 Å². The van der Waals surface area contributed by atoms with Gasteiger partial charge in [0.25, 0.3) is 0 Å². The van der Waals surface area contributed by atoms with Crippen molar-refractivity contribution in [1.29, 1.82) is 0 Å². The van der Waals surface area contributed by atoms with Crippen molar-refractivity contribution in [3.05, 3.63) is 11.9 Å². The zero-order valence-electron chi connectivity index (χ0n) is 8.22. The van der Waals surface area contributed by atoms with Crippen LogP contribution < -0.4 is 5.32 Å². The molecule has 0 saturated heterocycles. The summed E-state index contributed by atoms with van der Waals surface area (Å²) in [5, 5.41) is 10.0. The minimum atomic E-state index is -0.0933. The van der Waals surface area contributed by atoms with Gasteiger partial charge >= 0.3 is 0 Å². The molecular formula is C9H12N4O2. The molecule has 1 aromatic rings. The number of nitrogens with zero attached hydrogens (tertiary/aromatic N) is 3. The largest absolute Gasteiger partial charge is 0.354 e.